The van der Waals surface area contributed by atoms with Gasteiger partial charge in [-0.25, -0.2) is 17.6 Å². The number of amides is 4. The minimum absolute atomic E-state index is 0.0724. The summed E-state index contributed by atoms with van der Waals surface area (Å²) in [6.45, 7) is -0.582. The van der Waals surface area contributed by atoms with E-state index >= 15 is 0 Å². The van der Waals surface area contributed by atoms with Crippen molar-refractivity contribution in [1.29, 1.82) is 0 Å². The van der Waals surface area contributed by atoms with Crippen molar-refractivity contribution in [3.63, 3.8) is 0 Å². The maximum Gasteiger partial charge on any atom is 0.327 e. The molecule has 0 spiro atoms. The predicted octanol–water partition coefficient (Wildman–Crippen LogP) is 0.0617. The van der Waals surface area contributed by atoms with E-state index in [0.29, 0.717) is 0 Å². The summed E-state index contributed by atoms with van der Waals surface area (Å²) in [7, 11) is -2.47. The number of carbonyl (C=O) groups excluding carboxylic acids is 3. The first-order valence-electron chi connectivity index (χ1n) is 6.44. The lowest BCUT2D eigenvalue weighted by molar-refractivity contribution is -0.124. The molecule has 1 aromatic rings. The molecule has 0 radical (unpaired) electrons. The molecule has 1 aromatic carbocycles. The number of imide groups is 1. The number of nitrogens with zero attached hydrogens (tertiary/aromatic N) is 2. The summed E-state index contributed by atoms with van der Waals surface area (Å²) >= 11 is 0. The maximum absolute atomic E-state index is 13.5. The Bertz CT molecular complexity index is 793. The fraction of sp³-hybridized carbons (Fsp3) is 0.308. The van der Waals surface area contributed by atoms with Crippen molar-refractivity contribution in [3.8, 4) is 0 Å². The van der Waals surface area contributed by atoms with Crippen LogP contribution in [0.15, 0.2) is 23.1 Å². The summed E-state index contributed by atoms with van der Waals surface area (Å²) in [4.78, 5) is 36.3. The molecule has 1 saturated heterocycles. The van der Waals surface area contributed by atoms with E-state index < -0.39 is 38.4 Å². The quantitative estimate of drug-likeness (QED) is 0.779. The Hall–Kier alpha value is -2.49. The van der Waals surface area contributed by atoms with Crippen LogP contribution in [0.1, 0.15) is 0 Å². The molecular formula is C13H14FN3O5S. The average molecular weight is 343 g/mol. The van der Waals surface area contributed by atoms with Gasteiger partial charge >= 0.3 is 6.03 Å². The third-order valence-electron chi connectivity index (χ3n) is 3.21. The zero-order valence-corrected chi connectivity index (χ0v) is 13.2. The molecule has 23 heavy (non-hydrogen) atoms. The number of likely N-dealkylation sites (N-methyl/N-ethyl adjacent to an activating group) is 1. The van der Waals surface area contributed by atoms with Gasteiger partial charge in [0.25, 0.3) is 0 Å². The average Bonchev–Trinajstić information content (AvgIpc) is 2.67. The molecule has 0 aliphatic carbocycles. The minimum Gasteiger partial charge on any atom is -0.325 e. The molecule has 0 bridgehead atoms. The largest absolute Gasteiger partial charge is 0.327 e. The molecule has 1 fully saturated rings. The van der Waals surface area contributed by atoms with Crippen LogP contribution in [-0.4, -0.2) is 62.5 Å². The van der Waals surface area contributed by atoms with Gasteiger partial charge in [0.15, 0.2) is 9.84 Å². The molecule has 0 saturated carbocycles. The Morgan fingerprint density at radius 3 is 2.52 bits per heavy atom. The van der Waals surface area contributed by atoms with Crippen LogP contribution >= 0.6 is 0 Å². The number of urea groups is 1. The number of carbonyl (C=O) groups is 3. The van der Waals surface area contributed by atoms with Gasteiger partial charge < -0.3 is 10.2 Å². The van der Waals surface area contributed by atoms with Crippen LogP contribution in [0.3, 0.4) is 0 Å². The number of rotatable bonds is 4. The molecule has 1 aliphatic heterocycles. The van der Waals surface area contributed by atoms with Crippen LogP contribution in [0.4, 0.5) is 14.9 Å². The SMILES string of the molecule is CN1C(=O)CN(CC(=O)Nc2ccc(F)c(S(C)(=O)=O)c2)C1=O. The van der Waals surface area contributed by atoms with Gasteiger partial charge in [0.2, 0.25) is 11.8 Å². The van der Waals surface area contributed by atoms with Crippen LogP contribution in [-0.2, 0) is 19.4 Å². The summed E-state index contributed by atoms with van der Waals surface area (Å²) < 4.78 is 36.4. The molecule has 1 N–H and O–H groups in total. The molecule has 8 nitrogen and oxygen atoms in total. The molecule has 10 heteroatoms. The Labute approximate surface area is 131 Å². The van der Waals surface area contributed by atoms with Gasteiger partial charge in [-0.3, -0.25) is 14.5 Å². The second-order valence-electron chi connectivity index (χ2n) is 5.06. The van der Waals surface area contributed by atoms with E-state index in [1.54, 1.807) is 0 Å². The first kappa shape index (κ1) is 16.9. The molecular weight excluding hydrogens is 329 g/mol. The van der Waals surface area contributed by atoms with E-state index in [0.717, 1.165) is 28.2 Å². The fourth-order valence-corrected chi connectivity index (χ4v) is 2.78. The second-order valence-corrected chi connectivity index (χ2v) is 7.04. The van der Waals surface area contributed by atoms with Gasteiger partial charge in [0, 0.05) is 19.0 Å². The summed E-state index contributed by atoms with van der Waals surface area (Å²) in [5.41, 5.74) is 0.0724. The van der Waals surface area contributed by atoms with Gasteiger partial charge in [-0.05, 0) is 18.2 Å². The second kappa shape index (κ2) is 5.95. The minimum atomic E-state index is -3.78. The highest BCUT2D eigenvalue weighted by Gasteiger charge is 2.34. The number of sulfone groups is 1. The van der Waals surface area contributed by atoms with Crippen LogP contribution < -0.4 is 5.32 Å². The van der Waals surface area contributed by atoms with Crippen molar-refractivity contribution in [1.82, 2.24) is 9.80 Å². The third-order valence-corrected chi connectivity index (χ3v) is 4.32. The van der Waals surface area contributed by atoms with Gasteiger partial charge in [-0.1, -0.05) is 0 Å². The lowest BCUT2D eigenvalue weighted by Gasteiger charge is -2.14. The van der Waals surface area contributed by atoms with E-state index in [1.165, 1.54) is 13.1 Å². The molecule has 0 unspecified atom stereocenters. The summed E-state index contributed by atoms with van der Waals surface area (Å²) in [5, 5.41) is 2.36. The summed E-state index contributed by atoms with van der Waals surface area (Å²) in [6.07, 6.45) is 0.849. The van der Waals surface area contributed by atoms with E-state index in [-0.39, 0.29) is 18.8 Å². The Morgan fingerprint density at radius 2 is 2.00 bits per heavy atom. The monoisotopic (exact) mass is 343 g/mol. The molecule has 4 amide bonds. The van der Waals surface area contributed by atoms with Crippen LogP contribution in [0.5, 0.6) is 0 Å². The van der Waals surface area contributed by atoms with Crippen molar-refractivity contribution >= 4 is 33.4 Å². The number of halogens is 1. The van der Waals surface area contributed by atoms with Crippen LogP contribution in [0, 0.1) is 5.82 Å². The van der Waals surface area contributed by atoms with Crippen LogP contribution in [0.2, 0.25) is 0 Å². The van der Waals surface area contributed by atoms with Crippen molar-refractivity contribution in [2.75, 3.05) is 31.7 Å². The number of anilines is 1. The van der Waals surface area contributed by atoms with E-state index in [9.17, 15) is 27.2 Å². The van der Waals surface area contributed by atoms with Gasteiger partial charge in [0.05, 0.1) is 0 Å². The van der Waals surface area contributed by atoms with Gasteiger partial charge in [-0.2, -0.15) is 0 Å². The van der Waals surface area contributed by atoms with Crippen molar-refractivity contribution in [2.45, 2.75) is 4.90 Å². The zero-order valence-electron chi connectivity index (χ0n) is 12.4. The topological polar surface area (TPSA) is 104 Å². The molecule has 1 heterocycles. The number of hydrogen-bond acceptors (Lipinski definition) is 5. The summed E-state index contributed by atoms with van der Waals surface area (Å²) in [5.74, 6) is -1.98. The number of benzene rings is 1. The Balaban J connectivity index is 2.10. The van der Waals surface area contributed by atoms with Gasteiger partial charge in [-0.15, -0.1) is 0 Å². The number of nitrogens with one attached hydrogen (secondary N) is 1. The van der Waals surface area contributed by atoms with Crippen molar-refractivity contribution < 1.29 is 27.2 Å². The molecule has 124 valence electrons. The smallest absolute Gasteiger partial charge is 0.325 e. The van der Waals surface area contributed by atoms with E-state index in [4.69, 9.17) is 0 Å². The van der Waals surface area contributed by atoms with E-state index in [1.807, 2.05) is 0 Å². The highest BCUT2D eigenvalue weighted by molar-refractivity contribution is 7.90. The van der Waals surface area contributed by atoms with Gasteiger partial charge in [0.1, 0.15) is 23.8 Å². The molecule has 0 atom stereocenters. The third kappa shape index (κ3) is 3.65. The molecule has 0 aromatic heterocycles. The highest BCUT2D eigenvalue weighted by Crippen LogP contribution is 2.19. The van der Waals surface area contributed by atoms with Crippen molar-refractivity contribution in [2.24, 2.45) is 0 Å². The summed E-state index contributed by atoms with van der Waals surface area (Å²) in [6, 6.07) is 2.52. The van der Waals surface area contributed by atoms with Crippen molar-refractivity contribution in [3.05, 3.63) is 24.0 Å². The Morgan fingerprint density at radius 1 is 1.35 bits per heavy atom. The fourth-order valence-electron chi connectivity index (χ4n) is 2.02. The maximum atomic E-state index is 13.5. The standard InChI is InChI=1S/C13H14FN3O5S/c1-16-12(19)7-17(13(16)20)6-11(18)15-8-3-4-9(14)10(5-8)23(2,21)22/h3-5H,6-7H2,1-2H3,(H,15,18). The zero-order chi connectivity index (χ0) is 17.4. The molecule has 2 rings (SSSR count). The lowest BCUT2D eigenvalue weighted by Crippen LogP contribution is -2.36. The van der Waals surface area contributed by atoms with Crippen LogP contribution in [0.25, 0.3) is 0 Å². The highest BCUT2D eigenvalue weighted by atomic mass is 32.2. The first-order valence-corrected chi connectivity index (χ1v) is 8.33. The number of hydrogen-bond donors (Lipinski definition) is 1. The van der Waals surface area contributed by atoms with E-state index in [2.05, 4.69) is 5.32 Å². The predicted molar refractivity (Wildman–Crippen MR) is 77.9 cm³/mol. The normalized spacial score (nSPS) is 15.3. The lowest BCUT2D eigenvalue weighted by atomic mass is 10.3. The first-order chi connectivity index (χ1) is 10.6. The Kier molecular flexibility index (Phi) is 4.37. The molecule has 1 aliphatic rings.